The van der Waals surface area contributed by atoms with Crippen LogP contribution in [0.4, 0.5) is 11.6 Å². The summed E-state index contributed by atoms with van der Waals surface area (Å²) >= 11 is 0. The number of hydrogen-bond acceptors (Lipinski definition) is 7. The lowest BCUT2D eigenvalue weighted by molar-refractivity contribution is -0.140. The van der Waals surface area contributed by atoms with Crippen molar-refractivity contribution in [2.45, 2.75) is 26.3 Å². The van der Waals surface area contributed by atoms with E-state index < -0.39 is 17.9 Å². The van der Waals surface area contributed by atoms with Crippen molar-refractivity contribution in [3.05, 3.63) is 35.7 Å². The molecule has 1 aromatic heterocycles. The minimum atomic E-state index is -1.20. The van der Waals surface area contributed by atoms with Crippen LogP contribution < -0.4 is 19.7 Å². The highest BCUT2D eigenvalue weighted by atomic mass is 16.5. The summed E-state index contributed by atoms with van der Waals surface area (Å²) in [6, 6.07) is 5.53. The van der Waals surface area contributed by atoms with Gasteiger partial charge in [0.25, 0.3) is 5.95 Å². The highest BCUT2D eigenvalue weighted by molar-refractivity contribution is 6.13. The SMILES string of the molecule is COc1ccc(OC)c(N2/C(=N/c3nc(C)cc(C)n3)NC(=O)C[C@H]2C(=O)O)c1. The first-order valence-corrected chi connectivity index (χ1v) is 8.77. The van der Waals surface area contributed by atoms with E-state index in [1.807, 2.05) is 0 Å². The third-order valence-corrected chi connectivity index (χ3v) is 4.28. The first-order chi connectivity index (χ1) is 13.8. The summed E-state index contributed by atoms with van der Waals surface area (Å²) in [6.07, 6.45) is -0.261. The molecule has 0 bridgehead atoms. The smallest absolute Gasteiger partial charge is 0.327 e. The summed E-state index contributed by atoms with van der Waals surface area (Å²) in [7, 11) is 2.96. The van der Waals surface area contributed by atoms with Crippen LogP contribution in [0.15, 0.2) is 29.3 Å². The van der Waals surface area contributed by atoms with Gasteiger partial charge in [0.15, 0.2) is 0 Å². The molecule has 10 nitrogen and oxygen atoms in total. The van der Waals surface area contributed by atoms with Crippen molar-refractivity contribution in [2.24, 2.45) is 4.99 Å². The number of aromatic nitrogens is 2. The molecule has 1 amide bonds. The van der Waals surface area contributed by atoms with Gasteiger partial charge < -0.3 is 14.6 Å². The van der Waals surface area contributed by atoms with Crippen LogP contribution in [0.25, 0.3) is 0 Å². The van der Waals surface area contributed by atoms with Gasteiger partial charge in [0, 0.05) is 17.5 Å². The molecule has 0 spiro atoms. The zero-order valence-electron chi connectivity index (χ0n) is 16.5. The molecule has 0 radical (unpaired) electrons. The van der Waals surface area contributed by atoms with Crippen LogP contribution >= 0.6 is 0 Å². The monoisotopic (exact) mass is 399 g/mol. The second kappa shape index (κ2) is 8.13. The average Bonchev–Trinajstić information content (AvgIpc) is 2.66. The van der Waals surface area contributed by atoms with E-state index in [9.17, 15) is 14.7 Å². The fourth-order valence-electron chi connectivity index (χ4n) is 3.05. The number of aliphatic carboxylic acids is 1. The molecule has 0 unspecified atom stereocenters. The molecule has 1 aliphatic heterocycles. The van der Waals surface area contributed by atoms with E-state index in [1.165, 1.54) is 19.1 Å². The Labute approximate surface area is 167 Å². The molecule has 2 N–H and O–H groups in total. The van der Waals surface area contributed by atoms with E-state index in [2.05, 4.69) is 20.3 Å². The number of rotatable bonds is 5. The summed E-state index contributed by atoms with van der Waals surface area (Å²) in [5.74, 6) is -0.676. The van der Waals surface area contributed by atoms with E-state index >= 15 is 0 Å². The zero-order valence-corrected chi connectivity index (χ0v) is 16.5. The molecule has 1 fully saturated rings. The van der Waals surface area contributed by atoms with E-state index in [4.69, 9.17) is 9.47 Å². The number of methoxy groups -OCH3 is 2. The number of benzene rings is 1. The van der Waals surface area contributed by atoms with E-state index in [1.54, 1.807) is 38.1 Å². The molecule has 1 saturated heterocycles. The van der Waals surface area contributed by atoms with Gasteiger partial charge in [-0.05, 0) is 32.0 Å². The molecule has 0 saturated carbocycles. The van der Waals surface area contributed by atoms with Gasteiger partial charge in [-0.3, -0.25) is 15.0 Å². The Hall–Kier alpha value is -3.69. The standard InChI is InChI=1S/C19H21N5O5/c1-10-7-11(2)21-18(20-10)23-19-22-16(25)9-14(17(26)27)24(19)13-8-12(28-3)5-6-15(13)29-4/h5-8,14H,9H2,1-4H3,(H,26,27)(H,20,21,22,23,25)/t14-/m0/s1. The minimum absolute atomic E-state index is 0.00907. The molecular weight excluding hydrogens is 378 g/mol. The van der Waals surface area contributed by atoms with E-state index in [0.29, 0.717) is 28.6 Å². The van der Waals surface area contributed by atoms with Gasteiger partial charge in [0.05, 0.1) is 26.3 Å². The van der Waals surface area contributed by atoms with Gasteiger partial charge in [-0.2, -0.15) is 4.99 Å². The Bertz CT molecular complexity index is 971. The molecule has 29 heavy (non-hydrogen) atoms. The first kappa shape index (κ1) is 20.1. The Balaban J connectivity index is 2.20. The van der Waals surface area contributed by atoms with Crippen LogP contribution in [-0.2, 0) is 9.59 Å². The number of nitrogens with one attached hydrogen (secondary N) is 1. The second-order valence-electron chi connectivity index (χ2n) is 6.40. The number of aryl methyl sites for hydroxylation is 2. The van der Waals surface area contributed by atoms with Crippen molar-refractivity contribution in [2.75, 3.05) is 19.1 Å². The van der Waals surface area contributed by atoms with E-state index in [-0.39, 0.29) is 18.3 Å². The maximum absolute atomic E-state index is 12.2. The number of hydrogen-bond donors (Lipinski definition) is 2. The summed E-state index contributed by atoms with van der Waals surface area (Å²) < 4.78 is 10.7. The predicted molar refractivity (Wildman–Crippen MR) is 105 cm³/mol. The van der Waals surface area contributed by atoms with Crippen LogP contribution in [-0.4, -0.2) is 53.2 Å². The number of carbonyl (C=O) groups excluding carboxylic acids is 1. The third-order valence-electron chi connectivity index (χ3n) is 4.28. The molecule has 0 aliphatic carbocycles. The fourth-order valence-corrected chi connectivity index (χ4v) is 3.05. The van der Waals surface area contributed by atoms with Crippen LogP contribution in [0.5, 0.6) is 11.5 Å². The maximum atomic E-state index is 12.2. The van der Waals surface area contributed by atoms with Gasteiger partial charge in [-0.1, -0.05) is 0 Å². The summed E-state index contributed by atoms with van der Waals surface area (Å²) in [4.78, 5) is 38.4. The number of carbonyl (C=O) groups is 2. The normalized spacial score (nSPS) is 17.8. The van der Waals surface area contributed by atoms with Gasteiger partial charge in [0.2, 0.25) is 11.9 Å². The molecule has 2 heterocycles. The molecular formula is C19H21N5O5. The first-order valence-electron chi connectivity index (χ1n) is 8.77. The summed E-state index contributed by atoms with van der Waals surface area (Å²) in [5, 5.41) is 12.4. The number of guanidine groups is 1. The van der Waals surface area contributed by atoms with Crippen LogP contribution in [0.2, 0.25) is 0 Å². The number of ether oxygens (including phenoxy) is 2. The van der Waals surface area contributed by atoms with Crippen LogP contribution in [0.3, 0.4) is 0 Å². The quantitative estimate of drug-likeness (QED) is 0.776. The van der Waals surface area contributed by atoms with Crippen molar-refractivity contribution in [1.29, 1.82) is 0 Å². The molecule has 1 aliphatic rings. The van der Waals surface area contributed by atoms with Gasteiger partial charge in [-0.15, -0.1) is 0 Å². The van der Waals surface area contributed by atoms with Crippen molar-refractivity contribution in [3.8, 4) is 11.5 Å². The molecule has 1 atom stereocenters. The highest BCUT2D eigenvalue weighted by Gasteiger charge is 2.38. The minimum Gasteiger partial charge on any atom is -0.497 e. The van der Waals surface area contributed by atoms with Crippen LogP contribution in [0, 0.1) is 13.8 Å². The van der Waals surface area contributed by atoms with Gasteiger partial charge in [-0.25, -0.2) is 14.8 Å². The topological polar surface area (TPSA) is 126 Å². The largest absolute Gasteiger partial charge is 0.497 e. The molecule has 1 aromatic carbocycles. The highest BCUT2D eigenvalue weighted by Crippen LogP contribution is 2.35. The van der Waals surface area contributed by atoms with E-state index in [0.717, 1.165) is 0 Å². The summed E-state index contributed by atoms with van der Waals surface area (Å²) in [6.45, 7) is 3.58. The fraction of sp³-hybridized carbons (Fsp3) is 0.316. The molecule has 3 rings (SSSR count). The third kappa shape index (κ3) is 4.26. The summed E-state index contributed by atoms with van der Waals surface area (Å²) in [5.41, 5.74) is 1.76. The zero-order chi connectivity index (χ0) is 21.1. The average molecular weight is 399 g/mol. The number of aliphatic imine (C=N–C) groups is 1. The lowest BCUT2D eigenvalue weighted by Gasteiger charge is -2.35. The molecule has 2 aromatic rings. The Morgan fingerprint density at radius 1 is 1.21 bits per heavy atom. The van der Waals surface area contributed by atoms with Crippen LogP contribution in [0.1, 0.15) is 17.8 Å². The number of amides is 1. The number of carboxylic acid groups (broad SMARTS) is 1. The lowest BCUT2D eigenvalue weighted by atomic mass is 10.1. The predicted octanol–water partition coefficient (Wildman–Crippen LogP) is 1.58. The van der Waals surface area contributed by atoms with Crippen molar-refractivity contribution < 1.29 is 24.2 Å². The maximum Gasteiger partial charge on any atom is 0.327 e. The molecule has 10 heteroatoms. The Morgan fingerprint density at radius 3 is 2.48 bits per heavy atom. The van der Waals surface area contributed by atoms with Crippen molar-refractivity contribution in [3.63, 3.8) is 0 Å². The Kier molecular flexibility index (Phi) is 5.62. The number of anilines is 1. The Morgan fingerprint density at radius 2 is 1.90 bits per heavy atom. The number of nitrogens with zero attached hydrogens (tertiary/aromatic N) is 4. The van der Waals surface area contributed by atoms with Gasteiger partial charge in [0.1, 0.15) is 17.5 Å². The lowest BCUT2D eigenvalue weighted by Crippen LogP contribution is -2.58. The van der Waals surface area contributed by atoms with Crippen molar-refractivity contribution in [1.82, 2.24) is 15.3 Å². The van der Waals surface area contributed by atoms with Gasteiger partial charge >= 0.3 is 5.97 Å². The molecule has 152 valence electrons. The second-order valence-corrected chi connectivity index (χ2v) is 6.40. The van der Waals surface area contributed by atoms with Crippen molar-refractivity contribution >= 4 is 29.5 Å². The number of carboxylic acids is 1.